The van der Waals surface area contributed by atoms with E-state index in [4.69, 9.17) is 11.6 Å². The van der Waals surface area contributed by atoms with Crippen LogP contribution in [0.15, 0.2) is 0 Å². The maximum absolute atomic E-state index is 11.4. The Hall–Kier alpha value is -0.850. The van der Waals surface area contributed by atoms with Gasteiger partial charge in [0.15, 0.2) is 15.2 Å². The van der Waals surface area contributed by atoms with Crippen LogP contribution in [-0.4, -0.2) is 49.1 Å². The molecule has 1 fully saturated rings. The lowest BCUT2D eigenvalue weighted by molar-refractivity contribution is 0.0606. The number of rotatable bonds is 3. The molecule has 100 valence electrons. The van der Waals surface area contributed by atoms with Crippen LogP contribution >= 0.6 is 22.9 Å². The molecule has 1 aliphatic rings. The third kappa shape index (κ3) is 3.13. The summed E-state index contributed by atoms with van der Waals surface area (Å²) in [5, 5.41) is 4.21. The van der Waals surface area contributed by atoms with Gasteiger partial charge in [-0.3, -0.25) is 0 Å². The number of methoxy groups -OCH3 is 1. The zero-order valence-corrected chi connectivity index (χ0v) is 12.0. The summed E-state index contributed by atoms with van der Waals surface area (Å²) in [6.45, 7) is 2.11. The van der Waals surface area contributed by atoms with Crippen molar-refractivity contribution in [2.75, 3.05) is 32.6 Å². The molecule has 5 nitrogen and oxygen atoms in total. The number of likely N-dealkylation sites (tertiary alicyclic amines) is 1. The van der Waals surface area contributed by atoms with Gasteiger partial charge in [-0.2, -0.15) is 0 Å². The Kier molecular flexibility index (Phi) is 4.42. The average molecular weight is 290 g/mol. The number of hydrogen-bond donors (Lipinski definition) is 1. The molecule has 1 saturated heterocycles. The Balaban J connectivity index is 2.03. The molecule has 2 heterocycles. The molecule has 0 spiro atoms. The van der Waals surface area contributed by atoms with Crippen molar-refractivity contribution in [3.63, 3.8) is 0 Å². The highest BCUT2D eigenvalue weighted by Crippen LogP contribution is 2.28. The number of nitrogens with one attached hydrogen (secondary N) is 1. The van der Waals surface area contributed by atoms with Gasteiger partial charge in [0.05, 0.1) is 7.11 Å². The topological polar surface area (TPSA) is 54.5 Å². The zero-order valence-electron chi connectivity index (χ0n) is 10.4. The highest BCUT2D eigenvalue weighted by molar-refractivity contribution is 7.18. The van der Waals surface area contributed by atoms with E-state index in [0.717, 1.165) is 25.9 Å². The minimum absolute atomic E-state index is 0.207. The number of halogens is 1. The van der Waals surface area contributed by atoms with Crippen LogP contribution in [0.4, 0.5) is 5.13 Å². The number of anilines is 1. The third-order valence-corrected chi connectivity index (χ3v) is 4.26. The van der Waals surface area contributed by atoms with Crippen molar-refractivity contribution in [3.05, 3.63) is 10.0 Å². The van der Waals surface area contributed by atoms with Crippen LogP contribution in [0.25, 0.3) is 0 Å². The molecule has 0 radical (unpaired) electrons. The molecule has 0 saturated carbocycles. The second-order valence-corrected chi connectivity index (χ2v) is 5.73. The number of piperidine rings is 1. The molecule has 0 aliphatic carbocycles. The smallest absolute Gasteiger partial charge is 0.351 e. The Bertz CT molecular complexity index is 438. The molecule has 18 heavy (non-hydrogen) atoms. The lowest BCUT2D eigenvalue weighted by Crippen LogP contribution is -2.39. The summed E-state index contributed by atoms with van der Waals surface area (Å²) in [6, 6.07) is 0.358. The quantitative estimate of drug-likeness (QED) is 0.864. The summed E-state index contributed by atoms with van der Waals surface area (Å²) in [5.74, 6) is -0.439. The highest BCUT2D eigenvalue weighted by Gasteiger charge is 2.21. The minimum atomic E-state index is -0.439. The van der Waals surface area contributed by atoms with Crippen LogP contribution in [-0.2, 0) is 4.74 Å². The lowest BCUT2D eigenvalue weighted by atomic mass is 10.1. The molecular weight excluding hydrogens is 274 g/mol. The monoisotopic (exact) mass is 289 g/mol. The van der Waals surface area contributed by atoms with Gasteiger partial charge in [0, 0.05) is 12.6 Å². The van der Waals surface area contributed by atoms with Gasteiger partial charge in [0.1, 0.15) is 0 Å². The van der Waals surface area contributed by atoms with Crippen molar-refractivity contribution >= 4 is 34.0 Å². The molecule has 7 heteroatoms. The number of ether oxygens (including phenoxy) is 1. The SMILES string of the molecule is COC(=O)c1sc(NC2CCCN(C)C2)nc1Cl. The van der Waals surface area contributed by atoms with E-state index >= 15 is 0 Å². The van der Waals surface area contributed by atoms with E-state index < -0.39 is 5.97 Å². The van der Waals surface area contributed by atoms with Crippen molar-refractivity contribution in [1.29, 1.82) is 0 Å². The summed E-state index contributed by atoms with van der Waals surface area (Å²) in [6.07, 6.45) is 2.27. The number of nitrogens with zero attached hydrogens (tertiary/aromatic N) is 2. The fourth-order valence-electron chi connectivity index (χ4n) is 2.04. The first-order valence-electron chi connectivity index (χ1n) is 5.80. The van der Waals surface area contributed by atoms with Crippen LogP contribution in [0.3, 0.4) is 0 Å². The fourth-order valence-corrected chi connectivity index (χ4v) is 3.22. The van der Waals surface area contributed by atoms with Gasteiger partial charge in [-0.25, -0.2) is 9.78 Å². The summed E-state index contributed by atoms with van der Waals surface area (Å²) in [5.41, 5.74) is 0. The van der Waals surface area contributed by atoms with Gasteiger partial charge in [0.25, 0.3) is 0 Å². The van der Waals surface area contributed by atoms with Crippen molar-refractivity contribution < 1.29 is 9.53 Å². The third-order valence-electron chi connectivity index (χ3n) is 2.91. The summed E-state index contributed by atoms with van der Waals surface area (Å²) in [4.78, 5) is 18.2. The van der Waals surface area contributed by atoms with Gasteiger partial charge < -0.3 is 15.0 Å². The Morgan fingerprint density at radius 1 is 1.67 bits per heavy atom. The average Bonchev–Trinajstić information content (AvgIpc) is 2.69. The largest absolute Gasteiger partial charge is 0.465 e. The molecule has 1 aromatic rings. The van der Waals surface area contributed by atoms with E-state index in [0.29, 0.717) is 16.1 Å². The second-order valence-electron chi connectivity index (χ2n) is 4.38. The summed E-state index contributed by atoms with van der Waals surface area (Å²) < 4.78 is 4.65. The maximum atomic E-state index is 11.4. The molecule has 0 bridgehead atoms. The van der Waals surface area contributed by atoms with Crippen LogP contribution < -0.4 is 5.32 Å². The Morgan fingerprint density at radius 3 is 3.11 bits per heavy atom. The minimum Gasteiger partial charge on any atom is -0.465 e. The van der Waals surface area contributed by atoms with E-state index in [-0.39, 0.29) is 5.15 Å². The molecule has 1 N–H and O–H groups in total. The van der Waals surface area contributed by atoms with Crippen LogP contribution in [0, 0.1) is 0 Å². The molecule has 1 aromatic heterocycles. The molecule has 1 aliphatic heterocycles. The second kappa shape index (κ2) is 5.86. The summed E-state index contributed by atoms with van der Waals surface area (Å²) >= 11 is 7.15. The van der Waals surface area contributed by atoms with Crippen LogP contribution in [0.1, 0.15) is 22.5 Å². The lowest BCUT2D eigenvalue weighted by Gasteiger charge is -2.29. The van der Waals surface area contributed by atoms with Gasteiger partial charge in [-0.05, 0) is 26.4 Å². The molecule has 1 unspecified atom stereocenters. The van der Waals surface area contributed by atoms with Crippen LogP contribution in [0.5, 0.6) is 0 Å². The number of likely N-dealkylation sites (N-methyl/N-ethyl adjacent to an activating group) is 1. The standard InChI is InChI=1S/C11H16ClN3O2S/c1-15-5-3-4-7(6-15)13-11-14-9(12)8(18-11)10(16)17-2/h7H,3-6H2,1-2H3,(H,13,14). The van der Waals surface area contributed by atoms with E-state index in [1.54, 1.807) is 0 Å². The molecule has 1 atom stereocenters. The predicted octanol–water partition coefficient (Wildman–Crippen LogP) is 2.09. The molecule has 0 aromatic carbocycles. The van der Waals surface area contributed by atoms with Gasteiger partial charge in [-0.15, -0.1) is 0 Å². The van der Waals surface area contributed by atoms with Gasteiger partial charge in [0.2, 0.25) is 0 Å². The first kappa shape index (κ1) is 13.6. The van der Waals surface area contributed by atoms with Crippen LogP contribution in [0.2, 0.25) is 5.15 Å². The highest BCUT2D eigenvalue weighted by atomic mass is 35.5. The number of hydrogen-bond acceptors (Lipinski definition) is 6. The van der Waals surface area contributed by atoms with E-state index in [1.807, 2.05) is 0 Å². The number of carbonyl (C=O) groups excluding carboxylic acids is 1. The zero-order chi connectivity index (χ0) is 13.1. The van der Waals surface area contributed by atoms with Crippen molar-refractivity contribution in [3.8, 4) is 0 Å². The Morgan fingerprint density at radius 2 is 2.44 bits per heavy atom. The van der Waals surface area contributed by atoms with E-state index in [1.165, 1.54) is 18.4 Å². The number of esters is 1. The van der Waals surface area contributed by atoms with Gasteiger partial charge >= 0.3 is 5.97 Å². The number of carbonyl (C=O) groups is 1. The van der Waals surface area contributed by atoms with Gasteiger partial charge in [-0.1, -0.05) is 22.9 Å². The normalized spacial score (nSPS) is 20.7. The van der Waals surface area contributed by atoms with Crippen molar-refractivity contribution in [1.82, 2.24) is 9.88 Å². The Labute approximate surface area is 115 Å². The first-order chi connectivity index (χ1) is 8.60. The van der Waals surface area contributed by atoms with Crippen molar-refractivity contribution in [2.24, 2.45) is 0 Å². The maximum Gasteiger partial charge on any atom is 0.351 e. The van der Waals surface area contributed by atoms with E-state index in [2.05, 4.69) is 27.0 Å². The molecule has 2 rings (SSSR count). The van der Waals surface area contributed by atoms with Crippen molar-refractivity contribution in [2.45, 2.75) is 18.9 Å². The number of thiazole rings is 1. The first-order valence-corrected chi connectivity index (χ1v) is 6.99. The van der Waals surface area contributed by atoms with E-state index in [9.17, 15) is 4.79 Å². The molecule has 0 amide bonds. The summed E-state index contributed by atoms with van der Waals surface area (Å²) in [7, 11) is 3.43. The molecular formula is C11H16ClN3O2S. The number of aromatic nitrogens is 1. The predicted molar refractivity (Wildman–Crippen MR) is 72.6 cm³/mol. The fraction of sp³-hybridized carbons (Fsp3) is 0.636.